The first-order valence-corrected chi connectivity index (χ1v) is 5.15. The second kappa shape index (κ2) is 4.55. The number of aromatic nitrogens is 2. The topological polar surface area (TPSA) is 58.0 Å². The van der Waals surface area contributed by atoms with Gasteiger partial charge in [-0.3, -0.25) is 0 Å². The quantitative estimate of drug-likeness (QED) is 0.810. The number of hydrogen-bond donors (Lipinski definition) is 2. The lowest BCUT2D eigenvalue weighted by atomic mass is 10.3. The Morgan fingerprint density at radius 3 is 2.69 bits per heavy atom. The summed E-state index contributed by atoms with van der Waals surface area (Å²) in [6.45, 7) is 0. The minimum atomic E-state index is -0.0932. The highest BCUT2D eigenvalue weighted by Gasteiger charge is 2.06. The molecule has 0 fully saturated rings. The van der Waals surface area contributed by atoms with E-state index in [0.717, 1.165) is 0 Å². The van der Waals surface area contributed by atoms with Crippen LogP contribution in [0.2, 0.25) is 10.3 Å². The van der Waals surface area contributed by atoms with Gasteiger partial charge in [0.05, 0.1) is 16.9 Å². The Balaban J connectivity index is 2.34. The molecule has 0 unspecified atom stereocenters. The van der Waals surface area contributed by atoms with E-state index in [1.807, 2.05) is 6.07 Å². The summed E-state index contributed by atoms with van der Waals surface area (Å²) in [6.07, 6.45) is 1.22. The number of benzene rings is 1. The van der Waals surface area contributed by atoms with Gasteiger partial charge in [-0.25, -0.2) is 4.98 Å². The van der Waals surface area contributed by atoms with Gasteiger partial charge < -0.3 is 10.4 Å². The predicted octanol–water partition coefficient (Wildman–Crippen LogP) is 3.23. The number of hydrogen-bond acceptors (Lipinski definition) is 4. The molecule has 1 aromatic carbocycles. The van der Waals surface area contributed by atoms with Crippen molar-refractivity contribution in [2.24, 2.45) is 0 Å². The average molecular weight is 256 g/mol. The standard InChI is InChI=1S/C10H7Cl2N3O/c11-6-3-1-2-4-7(6)14-9-8(16)5-13-10(12)15-9/h1-5,16H,(H,13,14,15). The Morgan fingerprint density at radius 2 is 1.94 bits per heavy atom. The highest BCUT2D eigenvalue weighted by atomic mass is 35.5. The van der Waals surface area contributed by atoms with Crippen molar-refractivity contribution in [3.05, 3.63) is 40.8 Å². The predicted molar refractivity (Wildman–Crippen MR) is 63.4 cm³/mol. The van der Waals surface area contributed by atoms with E-state index in [1.165, 1.54) is 6.20 Å². The zero-order valence-corrected chi connectivity index (χ0v) is 9.50. The molecule has 0 aliphatic carbocycles. The van der Waals surface area contributed by atoms with E-state index in [-0.39, 0.29) is 16.9 Å². The zero-order chi connectivity index (χ0) is 11.5. The lowest BCUT2D eigenvalue weighted by Crippen LogP contribution is -1.96. The number of anilines is 2. The maximum Gasteiger partial charge on any atom is 0.224 e. The van der Waals surface area contributed by atoms with Crippen molar-refractivity contribution in [2.45, 2.75) is 0 Å². The van der Waals surface area contributed by atoms with Crippen LogP contribution in [0.5, 0.6) is 5.75 Å². The Bertz CT molecular complexity index is 519. The highest BCUT2D eigenvalue weighted by Crippen LogP contribution is 2.28. The van der Waals surface area contributed by atoms with Gasteiger partial charge in [0.15, 0.2) is 11.6 Å². The van der Waals surface area contributed by atoms with E-state index in [4.69, 9.17) is 23.2 Å². The zero-order valence-electron chi connectivity index (χ0n) is 7.98. The van der Waals surface area contributed by atoms with E-state index < -0.39 is 0 Å². The Morgan fingerprint density at radius 1 is 1.19 bits per heavy atom. The molecule has 1 aromatic heterocycles. The van der Waals surface area contributed by atoms with Crippen LogP contribution in [0, 0.1) is 0 Å². The summed E-state index contributed by atoms with van der Waals surface area (Å²) in [4.78, 5) is 7.48. The molecule has 2 N–H and O–H groups in total. The van der Waals surface area contributed by atoms with Crippen LogP contribution >= 0.6 is 23.2 Å². The van der Waals surface area contributed by atoms with Gasteiger partial charge in [0.25, 0.3) is 0 Å². The average Bonchev–Trinajstić information content (AvgIpc) is 2.27. The second-order valence-corrected chi connectivity index (χ2v) is 3.72. The van der Waals surface area contributed by atoms with Crippen LogP contribution in [0.4, 0.5) is 11.5 Å². The maximum atomic E-state index is 9.50. The Hall–Kier alpha value is -1.52. The molecule has 0 amide bonds. The van der Waals surface area contributed by atoms with E-state index in [1.54, 1.807) is 18.2 Å². The van der Waals surface area contributed by atoms with Crippen LogP contribution in [0.3, 0.4) is 0 Å². The lowest BCUT2D eigenvalue weighted by molar-refractivity contribution is 0.472. The van der Waals surface area contributed by atoms with Crippen LogP contribution in [-0.4, -0.2) is 15.1 Å². The largest absolute Gasteiger partial charge is 0.503 e. The molecular weight excluding hydrogens is 249 g/mol. The Labute approximate surface area is 102 Å². The molecule has 16 heavy (non-hydrogen) atoms. The van der Waals surface area contributed by atoms with Gasteiger partial charge in [-0.15, -0.1) is 0 Å². The van der Waals surface area contributed by atoms with Gasteiger partial charge in [0.1, 0.15) is 0 Å². The van der Waals surface area contributed by atoms with Crippen LogP contribution < -0.4 is 5.32 Å². The van der Waals surface area contributed by atoms with E-state index >= 15 is 0 Å². The first kappa shape index (κ1) is 11.0. The molecular formula is C10H7Cl2N3O. The van der Waals surface area contributed by atoms with Gasteiger partial charge in [-0.05, 0) is 23.7 Å². The molecule has 0 radical (unpaired) electrons. The third-order valence-corrected chi connectivity index (χ3v) is 2.38. The van der Waals surface area contributed by atoms with Gasteiger partial charge in [-0.2, -0.15) is 4.98 Å². The van der Waals surface area contributed by atoms with Crippen molar-refractivity contribution in [2.75, 3.05) is 5.32 Å². The minimum absolute atomic E-state index is 0.0485. The van der Waals surface area contributed by atoms with Crippen LogP contribution in [0.1, 0.15) is 0 Å². The molecule has 0 aliphatic rings. The fraction of sp³-hybridized carbons (Fsp3) is 0. The van der Waals surface area contributed by atoms with Crippen molar-refractivity contribution in [1.29, 1.82) is 0 Å². The fourth-order valence-electron chi connectivity index (χ4n) is 1.14. The summed E-state index contributed by atoms with van der Waals surface area (Å²) >= 11 is 11.6. The number of nitrogens with zero attached hydrogens (tertiary/aromatic N) is 2. The molecule has 0 atom stereocenters. The molecule has 2 aromatic rings. The van der Waals surface area contributed by atoms with Gasteiger partial charge in [0.2, 0.25) is 5.28 Å². The van der Waals surface area contributed by atoms with Crippen LogP contribution in [-0.2, 0) is 0 Å². The van der Waals surface area contributed by atoms with Crippen molar-refractivity contribution in [3.8, 4) is 5.75 Å². The molecule has 1 heterocycles. The maximum absolute atomic E-state index is 9.50. The molecule has 6 heteroatoms. The van der Waals surface area contributed by atoms with Crippen LogP contribution in [0.15, 0.2) is 30.5 Å². The van der Waals surface area contributed by atoms with Gasteiger partial charge in [0, 0.05) is 0 Å². The third kappa shape index (κ3) is 2.35. The van der Waals surface area contributed by atoms with E-state index in [0.29, 0.717) is 10.7 Å². The molecule has 0 aliphatic heterocycles. The molecule has 82 valence electrons. The summed E-state index contributed by atoms with van der Waals surface area (Å²) in [7, 11) is 0. The third-order valence-electron chi connectivity index (χ3n) is 1.87. The second-order valence-electron chi connectivity index (χ2n) is 2.98. The summed E-state index contributed by atoms with van der Waals surface area (Å²) in [5.41, 5.74) is 0.634. The number of nitrogens with one attached hydrogen (secondary N) is 1. The molecule has 0 bridgehead atoms. The minimum Gasteiger partial charge on any atom is -0.503 e. The summed E-state index contributed by atoms with van der Waals surface area (Å²) < 4.78 is 0. The first-order valence-electron chi connectivity index (χ1n) is 4.40. The molecule has 2 rings (SSSR count). The number of para-hydroxylation sites is 1. The lowest BCUT2D eigenvalue weighted by Gasteiger charge is -2.08. The number of rotatable bonds is 2. The first-order chi connectivity index (χ1) is 7.66. The Kier molecular flexibility index (Phi) is 3.12. The molecule has 0 spiro atoms. The normalized spacial score (nSPS) is 10.1. The highest BCUT2D eigenvalue weighted by molar-refractivity contribution is 6.33. The fourth-order valence-corrected chi connectivity index (χ4v) is 1.45. The van der Waals surface area contributed by atoms with Crippen molar-refractivity contribution in [3.63, 3.8) is 0 Å². The van der Waals surface area contributed by atoms with Crippen molar-refractivity contribution < 1.29 is 5.11 Å². The monoisotopic (exact) mass is 255 g/mol. The van der Waals surface area contributed by atoms with Gasteiger partial charge >= 0.3 is 0 Å². The van der Waals surface area contributed by atoms with E-state index in [2.05, 4.69) is 15.3 Å². The number of aromatic hydroxyl groups is 1. The summed E-state index contributed by atoms with van der Waals surface area (Å²) in [5, 5.41) is 12.9. The SMILES string of the molecule is Oc1cnc(Cl)nc1Nc1ccccc1Cl. The van der Waals surface area contributed by atoms with Gasteiger partial charge in [-0.1, -0.05) is 23.7 Å². The summed E-state index contributed by atoms with van der Waals surface area (Å²) in [6, 6.07) is 7.11. The van der Waals surface area contributed by atoms with Crippen LogP contribution in [0.25, 0.3) is 0 Å². The summed E-state index contributed by atoms with van der Waals surface area (Å²) in [5.74, 6) is 0.123. The molecule has 4 nitrogen and oxygen atoms in total. The van der Waals surface area contributed by atoms with Crippen molar-refractivity contribution in [1.82, 2.24) is 9.97 Å². The smallest absolute Gasteiger partial charge is 0.224 e. The van der Waals surface area contributed by atoms with Crippen molar-refractivity contribution >= 4 is 34.7 Å². The number of halogens is 2. The molecule has 0 saturated carbocycles. The van der Waals surface area contributed by atoms with E-state index in [9.17, 15) is 5.11 Å². The molecule has 0 saturated heterocycles.